The second kappa shape index (κ2) is 34.3. The number of hydrogen-bond donors (Lipinski definition) is 0. The molecule has 1 atom stereocenters. The highest BCUT2D eigenvalue weighted by molar-refractivity contribution is 5.71. The largest absolute Gasteiger partial charge is 0.462 e. The van der Waals surface area contributed by atoms with Crippen molar-refractivity contribution in [3.63, 3.8) is 0 Å². The van der Waals surface area contributed by atoms with E-state index in [0.717, 1.165) is 57.8 Å². The number of carbonyl (C=O) groups is 3. The van der Waals surface area contributed by atoms with Gasteiger partial charge in [0.05, 0.1) is 0 Å². The highest BCUT2D eigenvalue weighted by Crippen LogP contribution is 2.14. The fourth-order valence-corrected chi connectivity index (χ4v) is 5.44. The van der Waals surface area contributed by atoms with E-state index in [-0.39, 0.29) is 31.1 Å². The molecular formula is C38H72O6. The van der Waals surface area contributed by atoms with Crippen LogP contribution < -0.4 is 0 Å². The molecule has 0 bridgehead atoms. The molecule has 0 unspecified atom stereocenters. The SMILES string of the molecule is CCCCCCCCCCCCC(=O)O[C@@H](COC(=O)CCCCCCCCC)COC(=O)CCCCCCCCCCC. The number of ether oxygens (including phenoxy) is 3. The van der Waals surface area contributed by atoms with E-state index in [1.165, 1.54) is 109 Å². The highest BCUT2D eigenvalue weighted by Gasteiger charge is 2.19. The Morgan fingerprint density at radius 3 is 0.909 bits per heavy atom. The van der Waals surface area contributed by atoms with Crippen molar-refractivity contribution in [3.8, 4) is 0 Å². The van der Waals surface area contributed by atoms with Gasteiger partial charge in [0.2, 0.25) is 0 Å². The first-order chi connectivity index (χ1) is 21.5. The average molecular weight is 625 g/mol. The first-order valence-corrected chi connectivity index (χ1v) is 19.0. The van der Waals surface area contributed by atoms with Gasteiger partial charge in [-0.3, -0.25) is 14.4 Å². The summed E-state index contributed by atoms with van der Waals surface area (Å²) < 4.78 is 16.5. The van der Waals surface area contributed by atoms with E-state index < -0.39 is 6.10 Å². The Kier molecular flexibility index (Phi) is 33.0. The number of rotatable bonds is 34. The summed E-state index contributed by atoms with van der Waals surface area (Å²) in [6.45, 7) is 6.55. The van der Waals surface area contributed by atoms with Crippen LogP contribution in [0.2, 0.25) is 0 Å². The second-order valence-corrected chi connectivity index (χ2v) is 12.9. The second-order valence-electron chi connectivity index (χ2n) is 12.9. The Labute approximate surface area is 272 Å². The molecule has 0 amide bonds. The van der Waals surface area contributed by atoms with Crippen molar-refractivity contribution in [3.05, 3.63) is 0 Å². The Hall–Kier alpha value is -1.59. The molecule has 0 aromatic rings. The zero-order valence-corrected chi connectivity index (χ0v) is 29.4. The minimum Gasteiger partial charge on any atom is -0.462 e. The predicted octanol–water partition coefficient (Wildman–Crippen LogP) is 11.4. The highest BCUT2D eigenvalue weighted by atomic mass is 16.6. The van der Waals surface area contributed by atoms with Crippen LogP contribution in [0.3, 0.4) is 0 Å². The molecule has 0 saturated carbocycles. The minimum absolute atomic E-state index is 0.0647. The molecule has 0 heterocycles. The van der Waals surface area contributed by atoms with Gasteiger partial charge in [0.25, 0.3) is 0 Å². The normalized spacial score (nSPS) is 11.8. The molecule has 0 aromatic heterocycles. The smallest absolute Gasteiger partial charge is 0.306 e. The Bertz CT molecular complexity index is 649. The lowest BCUT2D eigenvalue weighted by molar-refractivity contribution is -0.167. The van der Waals surface area contributed by atoms with Crippen molar-refractivity contribution in [2.75, 3.05) is 13.2 Å². The molecule has 0 aliphatic heterocycles. The van der Waals surface area contributed by atoms with Crippen molar-refractivity contribution >= 4 is 17.9 Å². The Morgan fingerprint density at radius 2 is 0.614 bits per heavy atom. The van der Waals surface area contributed by atoms with Crippen LogP contribution in [0.1, 0.15) is 207 Å². The van der Waals surface area contributed by atoms with Crippen molar-refractivity contribution < 1.29 is 28.6 Å². The lowest BCUT2D eigenvalue weighted by atomic mass is 10.1. The first kappa shape index (κ1) is 42.4. The summed E-state index contributed by atoms with van der Waals surface area (Å²) in [5.74, 6) is -0.874. The van der Waals surface area contributed by atoms with E-state index in [9.17, 15) is 14.4 Å². The molecular weight excluding hydrogens is 552 g/mol. The monoisotopic (exact) mass is 625 g/mol. The molecule has 0 N–H and O–H groups in total. The standard InChI is InChI=1S/C38H72O6/c1-4-7-10-13-16-18-20-23-26-29-32-38(41)44-35(33-42-36(39)30-27-24-21-15-12-9-6-3)34-43-37(40)31-28-25-22-19-17-14-11-8-5-2/h35H,4-34H2,1-3H3/t35-/m0/s1. The number of carbonyl (C=O) groups excluding carboxylic acids is 3. The Balaban J connectivity index is 4.34. The zero-order chi connectivity index (χ0) is 32.4. The van der Waals surface area contributed by atoms with Crippen LogP contribution in [-0.4, -0.2) is 37.2 Å². The molecule has 0 aromatic carbocycles. The number of esters is 3. The topological polar surface area (TPSA) is 78.9 Å². The molecule has 0 spiro atoms. The molecule has 0 aliphatic rings. The van der Waals surface area contributed by atoms with Gasteiger partial charge in [-0.25, -0.2) is 0 Å². The van der Waals surface area contributed by atoms with Crippen molar-refractivity contribution in [1.29, 1.82) is 0 Å². The van der Waals surface area contributed by atoms with E-state index in [1.54, 1.807) is 0 Å². The predicted molar refractivity (Wildman–Crippen MR) is 183 cm³/mol. The summed E-state index contributed by atoms with van der Waals surface area (Å²) in [5.41, 5.74) is 0. The minimum atomic E-state index is -0.754. The first-order valence-electron chi connectivity index (χ1n) is 19.0. The van der Waals surface area contributed by atoms with Crippen LogP contribution >= 0.6 is 0 Å². The van der Waals surface area contributed by atoms with Gasteiger partial charge in [0, 0.05) is 19.3 Å². The van der Waals surface area contributed by atoms with Gasteiger partial charge in [-0.05, 0) is 19.3 Å². The van der Waals surface area contributed by atoms with Crippen LogP contribution in [0.4, 0.5) is 0 Å². The van der Waals surface area contributed by atoms with E-state index in [1.807, 2.05) is 0 Å². The summed E-state index contributed by atoms with van der Waals surface area (Å²) in [4.78, 5) is 37.2. The van der Waals surface area contributed by atoms with Crippen molar-refractivity contribution in [2.24, 2.45) is 0 Å². The van der Waals surface area contributed by atoms with E-state index >= 15 is 0 Å². The van der Waals surface area contributed by atoms with Gasteiger partial charge >= 0.3 is 17.9 Å². The molecule has 0 saturated heterocycles. The third kappa shape index (κ3) is 31.8. The molecule has 0 fully saturated rings. The maximum atomic E-state index is 12.5. The van der Waals surface area contributed by atoms with Crippen LogP contribution in [-0.2, 0) is 28.6 Å². The number of unbranched alkanes of at least 4 members (excludes halogenated alkanes) is 23. The molecule has 6 nitrogen and oxygen atoms in total. The van der Waals surface area contributed by atoms with E-state index in [2.05, 4.69) is 20.8 Å². The van der Waals surface area contributed by atoms with Gasteiger partial charge in [0.15, 0.2) is 6.10 Å². The average Bonchev–Trinajstić information content (AvgIpc) is 3.02. The van der Waals surface area contributed by atoms with Crippen LogP contribution in [0.15, 0.2) is 0 Å². The van der Waals surface area contributed by atoms with Crippen LogP contribution in [0.5, 0.6) is 0 Å². The summed E-state index contributed by atoms with van der Waals surface area (Å²) in [6, 6.07) is 0. The third-order valence-corrected chi connectivity index (χ3v) is 8.36. The summed E-state index contributed by atoms with van der Waals surface area (Å²) in [5, 5.41) is 0. The molecule has 0 rings (SSSR count). The van der Waals surface area contributed by atoms with Crippen molar-refractivity contribution in [2.45, 2.75) is 213 Å². The van der Waals surface area contributed by atoms with E-state index in [0.29, 0.717) is 19.3 Å². The fraction of sp³-hybridized carbons (Fsp3) is 0.921. The Morgan fingerprint density at radius 1 is 0.364 bits per heavy atom. The summed E-state index contributed by atoms with van der Waals surface area (Å²) in [6.07, 6.45) is 30.9. The lowest BCUT2D eigenvalue weighted by Crippen LogP contribution is -2.30. The van der Waals surface area contributed by atoms with Crippen molar-refractivity contribution in [1.82, 2.24) is 0 Å². The van der Waals surface area contributed by atoms with Gasteiger partial charge in [0.1, 0.15) is 13.2 Å². The van der Waals surface area contributed by atoms with Gasteiger partial charge < -0.3 is 14.2 Å². The maximum Gasteiger partial charge on any atom is 0.306 e. The molecule has 260 valence electrons. The summed E-state index contributed by atoms with van der Waals surface area (Å²) in [7, 11) is 0. The molecule has 6 heteroatoms. The van der Waals surface area contributed by atoms with Gasteiger partial charge in [-0.1, -0.05) is 168 Å². The lowest BCUT2D eigenvalue weighted by Gasteiger charge is -2.18. The zero-order valence-electron chi connectivity index (χ0n) is 29.4. The summed E-state index contributed by atoms with van der Waals surface area (Å²) >= 11 is 0. The molecule has 0 aliphatic carbocycles. The number of hydrogen-bond acceptors (Lipinski definition) is 6. The van der Waals surface area contributed by atoms with Crippen LogP contribution in [0.25, 0.3) is 0 Å². The molecule has 0 radical (unpaired) electrons. The fourth-order valence-electron chi connectivity index (χ4n) is 5.44. The van der Waals surface area contributed by atoms with Gasteiger partial charge in [-0.2, -0.15) is 0 Å². The van der Waals surface area contributed by atoms with Crippen LogP contribution in [0, 0.1) is 0 Å². The van der Waals surface area contributed by atoms with Gasteiger partial charge in [-0.15, -0.1) is 0 Å². The molecule has 44 heavy (non-hydrogen) atoms. The van der Waals surface area contributed by atoms with E-state index in [4.69, 9.17) is 14.2 Å². The quantitative estimate of drug-likeness (QED) is 0.0402. The third-order valence-electron chi connectivity index (χ3n) is 8.36. The maximum absolute atomic E-state index is 12.5.